The second kappa shape index (κ2) is 4.94. The van der Waals surface area contributed by atoms with Gasteiger partial charge >= 0.3 is 0 Å². The zero-order valence-electron chi connectivity index (χ0n) is 9.37. The molecule has 0 saturated carbocycles. The van der Waals surface area contributed by atoms with Crippen LogP contribution in [0.4, 0.5) is 5.82 Å². The highest BCUT2D eigenvalue weighted by molar-refractivity contribution is 6.31. The number of pyridine rings is 1. The maximum atomic E-state index is 6.18. The average molecular weight is 267 g/mol. The van der Waals surface area contributed by atoms with Gasteiger partial charge in [0, 0.05) is 23.2 Å². The summed E-state index contributed by atoms with van der Waals surface area (Å²) in [6.07, 6.45) is 2.18. The van der Waals surface area contributed by atoms with Crippen LogP contribution >= 0.6 is 23.2 Å². The quantitative estimate of drug-likeness (QED) is 0.897. The fourth-order valence-corrected chi connectivity index (χ4v) is 2.12. The van der Waals surface area contributed by atoms with Crippen molar-refractivity contribution < 1.29 is 0 Å². The summed E-state index contributed by atoms with van der Waals surface area (Å²) in [5, 5.41) is 1.32. The smallest absolute Gasteiger partial charge is 0.126 e. The highest BCUT2D eigenvalue weighted by Crippen LogP contribution is 2.24. The maximum Gasteiger partial charge on any atom is 0.126 e. The number of benzene rings is 1. The Bertz CT molecular complexity index is 553. The largest absolute Gasteiger partial charge is 0.383 e. The molecule has 0 amide bonds. The summed E-state index contributed by atoms with van der Waals surface area (Å²) in [6.45, 7) is 2.00. The molecule has 1 aromatic carbocycles. The van der Waals surface area contributed by atoms with Crippen molar-refractivity contribution in [3.63, 3.8) is 0 Å². The molecule has 88 valence electrons. The van der Waals surface area contributed by atoms with E-state index in [-0.39, 0.29) is 0 Å². The Balaban J connectivity index is 2.34. The van der Waals surface area contributed by atoms with Gasteiger partial charge in [0.15, 0.2) is 0 Å². The molecule has 1 heterocycles. The highest BCUT2D eigenvalue weighted by atomic mass is 35.5. The van der Waals surface area contributed by atoms with Gasteiger partial charge < -0.3 is 5.73 Å². The monoisotopic (exact) mass is 266 g/mol. The first-order valence-electron chi connectivity index (χ1n) is 5.21. The number of anilines is 1. The summed E-state index contributed by atoms with van der Waals surface area (Å²) in [6, 6.07) is 7.78. The van der Waals surface area contributed by atoms with Gasteiger partial charge in [0.2, 0.25) is 0 Å². The standard InChI is InChI=1S/C13H12Cl2N2/c1-8-2-3-9(12(15)4-8)5-10-6-11(14)7-17-13(10)16/h2-4,6-7H,5H2,1H3,(H2,16,17). The van der Waals surface area contributed by atoms with Crippen LogP contribution in [0.25, 0.3) is 0 Å². The lowest BCUT2D eigenvalue weighted by Crippen LogP contribution is -1.99. The van der Waals surface area contributed by atoms with E-state index in [1.165, 1.54) is 6.20 Å². The number of hydrogen-bond donors (Lipinski definition) is 1. The zero-order chi connectivity index (χ0) is 12.4. The first-order valence-corrected chi connectivity index (χ1v) is 5.97. The third-order valence-corrected chi connectivity index (χ3v) is 3.12. The maximum absolute atomic E-state index is 6.18. The van der Waals surface area contributed by atoms with Crippen molar-refractivity contribution in [2.24, 2.45) is 0 Å². The molecule has 0 aliphatic carbocycles. The van der Waals surface area contributed by atoms with E-state index in [4.69, 9.17) is 28.9 Å². The van der Waals surface area contributed by atoms with Gasteiger partial charge in [0.25, 0.3) is 0 Å². The molecule has 2 aromatic rings. The van der Waals surface area contributed by atoms with Crippen LogP contribution in [0.15, 0.2) is 30.5 Å². The van der Waals surface area contributed by atoms with E-state index >= 15 is 0 Å². The van der Waals surface area contributed by atoms with Crippen molar-refractivity contribution in [1.82, 2.24) is 4.98 Å². The minimum Gasteiger partial charge on any atom is -0.383 e. The molecule has 0 fully saturated rings. The van der Waals surface area contributed by atoms with Gasteiger partial charge in [-0.05, 0) is 30.2 Å². The molecule has 2 rings (SSSR count). The van der Waals surface area contributed by atoms with Gasteiger partial charge in [0.1, 0.15) is 5.82 Å². The molecular weight excluding hydrogens is 255 g/mol. The minimum atomic E-state index is 0.492. The Morgan fingerprint density at radius 1 is 1.18 bits per heavy atom. The van der Waals surface area contributed by atoms with Gasteiger partial charge in [-0.1, -0.05) is 35.3 Å². The van der Waals surface area contributed by atoms with Crippen molar-refractivity contribution in [1.29, 1.82) is 0 Å². The zero-order valence-corrected chi connectivity index (χ0v) is 10.9. The first kappa shape index (κ1) is 12.2. The highest BCUT2D eigenvalue weighted by Gasteiger charge is 2.06. The van der Waals surface area contributed by atoms with Gasteiger partial charge in [-0.3, -0.25) is 0 Å². The number of rotatable bonds is 2. The molecule has 1 aromatic heterocycles. The summed E-state index contributed by atoms with van der Waals surface area (Å²) in [7, 11) is 0. The van der Waals surface area contributed by atoms with Crippen molar-refractivity contribution >= 4 is 29.0 Å². The summed E-state index contributed by atoms with van der Waals surface area (Å²) in [4.78, 5) is 4.02. The van der Waals surface area contributed by atoms with Crippen LogP contribution in [0.1, 0.15) is 16.7 Å². The average Bonchev–Trinajstić information content (AvgIpc) is 2.27. The summed E-state index contributed by atoms with van der Waals surface area (Å²) >= 11 is 12.1. The predicted molar refractivity (Wildman–Crippen MR) is 72.7 cm³/mol. The first-order chi connectivity index (χ1) is 8.06. The Hall–Kier alpha value is -1.25. The minimum absolute atomic E-state index is 0.492. The lowest BCUT2D eigenvalue weighted by molar-refractivity contribution is 1.15. The van der Waals surface area contributed by atoms with Crippen LogP contribution in [0.5, 0.6) is 0 Å². The van der Waals surface area contributed by atoms with Gasteiger partial charge in [-0.15, -0.1) is 0 Å². The van der Waals surface area contributed by atoms with E-state index in [2.05, 4.69) is 4.98 Å². The van der Waals surface area contributed by atoms with Crippen molar-refractivity contribution in [2.75, 3.05) is 5.73 Å². The van der Waals surface area contributed by atoms with Crippen molar-refractivity contribution in [3.05, 3.63) is 57.2 Å². The molecule has 4 heteroatoms. The molecule has 0 radical (unpaired) electrons. The number of aryl methyl sites for hydroxylation is 1. The third-order valence-electron chi connectivity index (χ3n) is 2.56. The van der Waals surface area contributed by atoms with Crippen LogP contribution in [0.2, 0.25) is 10.0 Å². The molecule has 0 aliphatic rings. The van der Waals surface area contributed by atoms with E-state index in [1.807, 2.05) is 31.2 Å². The second-order valence-corrected chi connectivity index (χ2v) is 4.81. The number of aromatic nitrogens is 1. The van der Waals surface area contributed by atoms with Crippen LogP contribution in [-0.2, 0) is 6.42 Å². The Labute approximate surface area is 110 Å². The molecule has 2 N–H and O–H groups in total. The molecular formula is C13H12Cl2N2. The topological polar surface area (TPSA) is 38.9 Å². The number of hydrogen-bond acceptors (Lipinski definition) is 2. The summed E-state index contributed by atoms with van der Waals surface area (Å²) in [5.41, 5.74) is 8.85. The Morgan fingerprint density at radius 2 is 1.94 bits per heavy atom. The predicted octanol–water partition coefficient (Wildman–Crippen LogP) is 3.87. The van der Waals surface area contributed by atoms with Crippen LogP contribution in [0.3, 0.4) is 0 Å². The van der Waals surface area contributed by atoms with Gasteiger partial charge in [-0.2, -0.15) is 0 Å². The molecule has 2 nitrogen and oxygen atoms in total. The van der Waals surface area contributed by atoms with E-state index in [0.29, 0.717) is 17.3 Å². The summed E-state index contributed by atoms with van der Waals surface area (Å²) < 4.78 is 0. The van der Waals surface area contributed by atoms with Gasteiger partial charge in [0.05, 0.1) is 5.02 Å². The van der Waals surface area contributed by atoms with E-state index in [0.717, 1.165) is 21.7 Å². The van der Waals surface area contributed by atoms with Crippen LogP contribution < -0.4 is 5.73 Å². The lowest BCUT2D eigenvalue weighted by Gasteiger charge is -2.08. The second-order valence-electron chi connectivity index (χ2n) is 3.97. The Kier molecular flexibility index (Phi) is 3.55. The normalized spacial score (nSPS) is 10.5. The molecule has 0 aliphatic heterocycles. The lowest BCUT2D eigenvalue weighted by atomic mass is 10.0. The molecule has 0 atom stereocenters. The fourth-order valence-electron chi connectivity index (χ4n) is 1.63. The SMILES string of the molecule is Cc1ccc(Cc2cc(Cl)cnc2N)c(Cl)c1. The number of nitrogen functional groups attached to an aromatic ring is 1. The van der Waals surface area contributed by atoms with Crippen molar-refractivity contribution in [3.8, 4) is 0 Å². The molecule has 0 unspecified atom stereocenters. The number of nitrogens with two attached hydrogens (primary N) is 1. The molecule has 0 bridgehead atoms. The van der Waals surface area contributed by atoms with E-state index < -0.39 is 0 Å². The Morgan fingerprint density at radius 3 is 2.65 bits per heavy atom. The fraction of sp³-hybridized carbons (Fsp3) is 0.154. The van der Waals surface area contributed by atoms with Crippen LogP contribution in [-0.4, -0.2) is 4.98 Å². The number of halogens is 2. The van der Waals surface area contributed by atoms with E-state index in [1.54, 1.807) is 0 Å². The number of nitrogens with zero attached hydrogens (tertiary/aromatic N) is 1. The molecule has 17 heavy (non-hydrogen) atoms. The van der Waals surface area contributed by atoms with Crippen molar-refractivity contribution in [2.45, 2.75) is 13.3 Å². The third kappa shape index (κ3) is 2.90. The van der Waals surface area contributed by atoms with Gasteiger partial charge in [-0.25, -0.2) is 4.98 Å². The molecule has 0 spiro atoms. The summed E-state index contributed by atoms with van der Waals surface area (Å²) in [5.74, 6) is 0.492. The molecule has 0 saturated heterocycles. The van der Waals surface area contributed by atoms with Crippen LogP contribution in [0, 0.1) is 6.92 Å². The van der Waals surface area contributed by atoms with E-state index in [9.17, 15) is 0 Å².